The first-order chi connectivity index (χ1) is 15.8. The highest BCUT2D eigenvalue weighted by atomic mass is 32.2. The SMILES string of the molecule is CCC(C)NS(=O)(=O)c1sc2c(c1C(=O)OC)CCN(Cc1cnn(-c3ccccc3)c1)C2. The van der Waals surface area contributed by atoms with Crippen LogP contribution in [0.4, 0.5) is 0 Å². The van der Waals surface area contributed by atoms with Gasteiger partial charge in [-0.05, 0) is 37.5 Å². The zero-order chi connectivity index (χ0) is 23.6. The molecule has 10 heteroatoms. The van der Waals surface area contributed by atoms with E-state index in [-0.39, 0.29) is 15.8 Å². The maximum atomic E-state index is 13.0. The van der Waals surface area contributed by atoms with Crippen molar-refractivity contribution in [3.8, 4) is 5.69 Å². The van der Waals surface area contributed by atoms with E-state index in [2.05, 4.69) is 14.7 Å². The summed E-state index contributed by atoms with van der Waals surface area (Å²) in [6.45, 7) is 5.68. The Kier molecular flexibility index (Phi) is 6.99. The first-order valence-corrected chi connectivity index (χ1v) is 13.2. The van der Waals surface area contributed by atoms with Crippen LogP contribution >= 0.6 is 11.3 Å². The van der Waals surface area contributed by atoms with Crippen LogP contribution in [0.15, 0.2) is 46.9 Å². The molecular weight excluding hydrogens is 460 g/mol. The van der Waals surface area contributed by atoms with E-state index < -0.39 is 16.0 Å². The summed E-state index contributed by atoms with van der Waals surface area (Å²) in [4.78, 5) is 15.7. The maximum absolute atomic E-state index is 13.0. The fraction of sp³-hybridized carbons (Fsp3) is 0.391. The maximum Gasteiger partial charge on any atom is 0.340 e. The number of thiophene rings is 1. The number of nitrogens with zero attached hydrogens (tertiary/aromatic N) is 3. The van der Waals surface area contributed by atoms with E-state index in [0.29, 0.717) is 32.5 Å². The quantitative estimate of drug-likeness (QED) is 0.489. The van der Waals surface area contributed by atoms with Crippen molar-refractivity contribution in [3.05, 3.63) is 64.3 Å². The summed E-state index contributed by atoms with van der Waals surface area (Å²) in [5, 5.41) is 4.46. The lowest BCUT2D eigenvalue weighted by atomic mass is 10.0. The number of hydrogen-bond donors (Lipinski definition) is 1. The Balaban J connectivity index is 1.57. The molecule has 4 rings (SSSR count). The summed E-state index contributed by atoms with van der Waals surface area (Å²) in [5.74, 6) is -0.602. The van der Waals surface area contributed by atoms with E-state index >= 15 is 0 Å². The molecule has 1 unspecified atom stereocenters. The van der Waals surface area contributed by atoms with E-state index in [1.165, 1.54) is 18.4 Å². The number of benzene rings is 1. The number of carbonyl (C=O) groups excluding carboxylic acids is 1. The van der Waals surface area contributed by atoms with E-state index in [1.54, 1.807) is 6.92 Å². The first kappa shape index (κ1) is 23.6. The molecule has 0 aliphatic carbocycles. The standard InChI is InChI=1S/C23H28N4O4S2/c1-4-16(2)25-33(29,30)23-21(22(28)31-3)19-10-11-26(15-20(19)32-23)13-17-12-24-27(14-17)18-8-6-5-7-9-18/h5-9,12,14,16,25H,4,10-11,13,15H2,1-3H3. The predicted octanol–water partition coefficient (Wildman–Crippen LogP) is 3.36. The summed E-state index contributed by atoms with van der Waals surface area (Å²) in [6.07, 6.45) is 5.10. The van der Waals surface area contributed by atoms with E-state index in [9.17, 15) is 13.2 Å². The Morgan fingerprint density at radius 3 is 2.76 bits per heavy atom. The molecule has 1 aliphatic heterocycles. The molecule has 1 N–H and O–H groups in total. The third-order valence-corrected chi connectivity index (χ3v) is 9.09. The normalized spacial score (nSPS) is 15.2. The number of sulfonamides is 1. The van der Waals surface area contributed by atoms with E-state index in [0.717, 1.165) is 21.7 Å². The Labute approximate surface area is 198 Å². The van der Waals surface area contributed by atoms with Crippen molar-refractivity contribution >= 4 is 27.3 Å². The van der Waals surface area contributed by atoms with Gasteiger partial charge in [-0.2, -0.15) is 5.10 Å². The van der Waals surface area contributed by atoms with Crippen LogP contribution in [0.2, 0.25) is 0 Å². The van der Waals surface area contributed by atoms with Crippen molar-refractivity contribution < 1.29 is 17.9 Å². The smallest absolute Gasteiger partial charge is 0.340 e. The van der Waals surface area contributed by atoms with Gasteiger partial charge in [0, 0.05) is 42.3 Å². The van der Waals surface area contributed by atoms with Gasteiger partial charge < -0.3 is 4.74 Å². The molecule has 8 nitrogen and oxygen atoms in total. The topological polar surface area (TPSA) is 93.5 Å². The summed E-state index contributed by atoms with van der Waals surface area (Å²) in [6, 6.07) is 9.69. The second kappa shape index (κ2) is 9.76. The van der Waals surface area contributed by atoms with Gasteiger partial charge in [0.25, 0.3) is 10.0 Å². The molecule has 0 spiro atoms. The highest BCUT2D eigenvalue weighted by Gasteiger charge is 2.34. The third kappa shape index (κ3) is 5.03. The Morgan fingerprint density at radius 2 is 2.06 bits per heavy atom. The second-order valence-corrected chi connectivity index (χ2v) is 11.2. The molecule has 0 fully saturated rings. The largest absolute Gasteiger partial charge is 0.465 e. The number of esters is 1. The van der Waals surface area contributed by atoms with Crippen LogP contribution in [-0.4, -0.2) is 48.8 Å². The van der Waals surface area contributed by atoms with Crippen LogP contribution in [0.5, 0.6) is 0 Å². The van der Waals surface area contributed by atoms with Crippen LogP contribution < -0.4 is 4.72 Å². The van der Waals surface area contributed by atoms with Crippen LogP contribution in [0.25, 0.3) is 5.69 Å². The molecule has 0 amide bonds. The minimum Gasteiger partial charge on any atom is -0.465 e. The minimum atomic E-state index is -3.82. The highest BCUT2D eigenvalue weighted by molar-refractivity contribution is 7.91. The molecular formula is C23H28N4O4S2. The number of methoxy groups -OCH3 is 1. The zero-order valence-electron chi connectivity index (χ0n) is 18.9. The number of aromatic nitrogens is 2. The van der Waals surface area contributed by atoms with E-state index in [1.807, 2.05) is 54.3 Å². The number of carbonyl (C=O) groups is 1. The molecule has 1 atom stereocenters. The van der Waals surface area contributed by atoms with Gasteiger partial charge in [-0.1, -0.05) is 25.1 Å². The van der Waals surface area contributed by atoms with Gasteiger partial charge in [0.05, 0.1) is 24.6 Å². The molecule has 0 saturated heterocycles. The Morgan fingerprint density at radius 1 is 1.30 bits per heavy atom. The number of fused-ring (bicyclic) bond motifs is 1. The molecule has 0 radical (unpaired) electrons. The third-order valence-electron chi connectivity index (χ3n) is 5.77. The molecule has 176 valence electrons. The van der Waals surface area contributed by atoms with Crippen molar-refractivity contribution in [2.24, 2.45) is 0 Å². The molecule has 1 aromatic carbocycles. The van der Waals surface area contributed by atoms with Crippen LogP contribution in [0.1, 0.15) is 46.6 Å². The lowest BCUT2D eigenvalue weighted by Gasteiger charge is -2.26. The number of hydrogen-bond acceptors (Lipinski definition) is 7. The summed E-state index contributed by atoms with van der Waals surface area (Å²) in [5.41, 5.74) is 3.03. The average Bonchev–Trinajstić information content (AvgIpc) is 3.44. The van der Waals surface area contributed by atoms with Crippen molar-refractivity contribution in [1.82, 2.24) is 19.4 Å². The number of para-hydroxylation sites is 1. The number of rotatable bonds is 8. The van der Waals surface area contributed by atoms with Gasteiger partial charge in [0.2, 0.25) is 0 Å². The molecule has 3 heterocycles. The van der Waals surface area contributed by atoms with Crippen molar-refractivity contribution in [3.63, 3.8) is 0 Å². The Hall–Kier alpha value is -2.53. The molecule has 0 saturated carbocycles. The van der Waals surface area contributed by atoms with Gasteiger partial charge in [-0.25, -0.2) is 22.6 Å². The van der Waals surface area contributed by atoms with E-state index in [4.69, 9.17) is 4.74 Å². The van der Waals surface area contributed by atoms with Crippen molar-refractivity contribution in [2.45, 2.75) is 50.0 Å². The second-order valence-electron chi connectivity index (χ2n) is 8.18. The summed E-state index contributed by atoms with van der Waals surface area (Å²) < 4.78 is 35.6. The minimum absolute atomic E-state index is 0.0541. The predicted molar refractivity (Wildman–Crippen MR) is 127 cm³/mol. The van der Waals surface area contributed by atoms with Crippen molar-refractivity contribution in [1.29, 1.82) is 0 Å². The van der Waals surface area contributed by atoms with Gasteiger partial charge in [-0.3, -0.25) is 4.90 Å². The fourth-order valence-electron chi connectivity index (χ4n) is 3.89. The van der Waals surface area contributed by atoms with Crippen molar-refractivity contribution in [2.75, 3.05) is 13.7 Å². The molecule has 1 aliphatic rings. The van der Waals surface area contributed by atoms with Gasteiger partial charge in [-0.15, -0.1) is 11.3 Å². The number of ether oxygens (including phenoxy) is 1. The summed E-state index contributed by atoms with van der Waals surface area (Å²) in [7, 11) is -2.54. The molecule has 2 aromatic heterocycles. The average molecular weight is 489 g/mol. The molecule has 0 bridgehead atoms. The van der Waals surface area contributed by atoms with Gasteiger partial charge in [0.15, 0.2) is 0 Å². The number of nitrogens with one attached hydrogen (secondary N) is 1. The lowest BCUT2D eigenvalue weighted by molar-refractivity contribution is 0.0595. The van der Waals surface area contributed by atoms with Gasteiger partial charge in [0.1, 0.15) is 4.21 Å². The monoisotopic (exact) mass is 488 g/mol. The fourth-order valence-corrected chi connectivity index (χ4v) is 7.16. The highest BCUT2D eigenvalue weighted by Crippen LogP contribution is 2.37. The van der Waals surface area contributed by atoms with Gasteiger partial charge >= 0.3 is 5.97 Å². The lowest BCUT2D eigenvalue weighted by Crippen LogP contribution is -2.32. The van der Waals surface area contributed by atoms with Crippen LogP contribution in [0.3, 0.4) is 0 Å². The molecule has 33 heavy (non-hydrogen) atoms. The molecule has 3 aromatic rings. The Bertz CT molecular complexity index is 1230. The zero-order valence-corrected chi connectivity index (χ0v) is 20.6. The summed E-state index contributed by atoms with van der Waals surface area (Å²) >= 11 is 1.17. The van der Waals surface area contributed by atoms with Crippen LogP contribution in [0, 0.1) is 0 Å². The first-order valence-electron chi connectivity index (χ1n) is 10.9. The van der Waals surface area contributed by atoms with Crippen LogP contribution in [-0.2, 0) is 34.3 Å².